The first-order chi connectivity index (χ1) is 13.9. The van der Waals surface area contributed by atoms with Crippen LogP contribution in [0.25, 0.3) is 10.8 Å². The number of fused-ring (bicyclic) bond motifs is 2. The zero-order valence-electron chi connectivity index (χ0n) is 17.6. The third-order valence-corrected chi connectivity index (χ3v) is 5.64. The normalized spacial score (nSPS) is 16.9. The van der Waals surface area contributed by atoms with E-state index < -0.39 is 5.60 Å². The average molecular weight is 391 g/mol. The quantitative estimate of drug-likeness (QED) is 0.714. The third-order valence-electron chi connectivity index (χ3n) is 5.64. The van der Waals surface area contributed by atoms with E-state index in [1.54, 1.807) is 0 Å². The molecule has 1 N–H and O–H groups in total. The number of likely N-dealkylation sites (N-methyl/N-ethyl adjacent to an activating group) is 1. The van der Waals surface area contributed by atoms with Gasteiger partial charge in [0.25, 0.3) is 0 Å². The van der Waals surface area contributed by atoms with Gasteiger partial charge in [0.1, 0.15) is 12.4 Å². The first-order valence-electron chi connectivity index (χ1n) is 10.2. The monoisotopic (exact) mass is 390 g/mol. The Kier molecular flexibility index (Phi) is 5.59. The van der Waals surface area contributed by atoms with Crippen LogP contribution < -0.4 is 4.74 Å². The van der Waals surface area contributed by atoms with Gasteiger partial charge in [0.05, 0.1) is 5.60 Å². The Hall–Kier alpha value is -2.40. The lowest BCUT2D eigenvalue weighted by Gasteiger charge is -2.28. The number of benzene rings is 3. The lowest BCUT2D eigenvalue weighted by molar-refractivity contribution is 0.0299. The average Bonchev–Trinajstić information content (AvgIpc) is 2.88. The second-order valence-corrected chi connectivity index (χ2v) is 8.53. The summed E-state index contributed by atoms with van der Waals surface area (Å²) in [6.45, 7) is 5.69. The van der Waals surface area contributed by atoms with E-state index in [1.807, 2.05) is 38.1 Å². The van der Waals surface area contributed by atoms with Crippen molar-refractivity contribution in [2.24, 2.45) is 0 Å². The van der Waals surface area contributed by atoms with Gasteiger partial charge in [-0.2, -0.15) is 0 Å². The largest absolute Gasteiger partial charge is 0.492 e. The Morgan fingerprint density at radius 1 is 1.07 bits per heavy atom. The van der Waals surface area contributed by atoms with Gasteiger partial charge < -0.3 is 14.7 Å². The molecule has 4 nitrogen and oxygen atoms in total. The van der Waals surface area contributed by atoms with Crippen molar-refractivity contribution in [2.45, 2.75) is 25.6 Å². The van der Waals surface area contributed by atoms with Crippen molar-refractivity contribution in [2.75, 3.05) is 33.8 Å². The number of rotatable bonds is 5. The van der Waals surface area contributed by atoms with E-state index in [-0.39, 0.29) is 0 Å². The van der Waals surface area contributed by atoms with Crippen LogP contribution >= 0.6 is 0 Å². The van der Waals surface area contributed by atoms with Gasteiger partial charge >= 0.3 is 0 Å². The molecule has 152 valence electrons. The summed E-state index contributed by atoms with van der Waals surface area (Å²) in [6.07, 6.45) is 0. The van der Waals surface area contributed by atoms with Gasteiger partial charge in [-0.15, -0.1) is 0 Å². The lowest BCUT2D eigenvalue weighted by Crippen LogP contribution is -2.34. The molecule has 1 aliphatic rings. The first-order valence-corrected chi connectivity index (χ1v) is 10.2. The van der Waals surface area contributed by atoms with E-state index in [0.29, 0.717) is 13.2 Å². The maximum atomic E-state index is 11.0. The van der Waals surface area contributed by atoms with Crippen molar-refractivity contribution in [3.63, 3.8) is 0 Å². The minimum absolute atomic E-state index is 0.576. The SMILES string of the molecule is CN(C)CC(C)(O)c1ccc2c(c1)CN(Cc1cccc3ccccc13)CCO2. The molecule has 0 radical (unpaired) electrons. The summed E-state index contributed by atoms with van der Waals surface area (Å²) in [4.78, 5) is 4.44. The molecule has 0 spiro atoms. The highest BCUT2D eigenvalue weighted by Crippen LogP contribution is 2.30. The predicted molar refractivity (Wildman–Crippen MR) is 118 cm³/mol. The van der Waals surface area contributed by atoms with Crippen LogP contribution in [0, 0.1) is 0 Å². The summed E-state index contributed by atoms with van der Waals surface area (Å²) in [5, 5.41) is 13.5. The highest BCUT2D eigenvalue weighted by atomic mass is 16.5. The van der Waals surface area contributed by atoms with Crippen LogP contribution in [0.1, 0.15) is 23.6 Å². The predicted octanol–water partition coefficient (Wildman–Crippen LogP) is 4.00. The van der Waals surface area contributed by atoms with Gasteiger partial charge in [-0.05, 0) is 55.1 Å². The fourth-order valence-corrected chi connectivity index (χ4v) is 4.30. The van der Waals surface area contributed by atoms with Crippen molar-refractivity contribution in [1.29, 1.82) is 0 Å². The number of ether oxygens (including phenoxy) is 1. The summed E-state index contributed by atoms with van der Waals surface area (Å²) in [5.74, 6) is 0.926. The standard InChI is InChI=1S/C25H30N2O2/c1-25(28,18-26(2)3)22-11-12-24-21(15-22)17-27(13-14-29-24)16-20-9-6-8-19-7-4-5-10-23(19)20/h4-12,15,28H,13-14,16-18H2,1-3H3. The lowest BCUT2D eigenvalue weighted by atomic mass is 9.93. The van der Waals surface area contributed by atoms with Crippen LogP contribution in [-0.4, -0.2) is 48.7 Å². The Bertz CT molecular complexity index is 992. The molecule has 3 aromatic rings. The molecule has 1 aliphatic heterocycles. The minimum atomic E-state index is -0.898. The second kappa shape index (κ2) is 8.15. The van der Waals surface area contributed by atoms with Gasteiger partial charge in [0.2, 0.25) is 0 Å². The summed E-state index contributed by atoms with van der Waals surface area (Å²) < 4.78 is 6.02. The highest BCUT2D eigenvalue weighted by Gasteiger charge is 2.26. The Balaban J connectivity index is 1.59. The summed E-state index contributed by atoms with van der Waals surface area (Å²) >= 11 is 0. The van der Waals surface area contributed by atoms with Crippen LogP contribution in [0.4, 0.5) is 0 Å². The molecule has 0 saturated heterocycles. The zero-order chi connectivity index (χ0) is 20.4. The van der Waals surface area contributed by atoms with Crippen LogP contribution in [0.15, 0.2) is 60.7 Å². The molecular weight excluding hydrogens is 360 g/mol. The summed E-state index contributed by atoms with van der Waals surface area (Å²) in [6, 6.07) is 21.2. The Morgan fingerprint density at radius 3 is 2.69 bits per heavy atom. The van der Waals surface area contributed by atoms with E-state index in [4.69, 9.17) is 4.74 Å². The van der Waals surface area contributed by atoms with E-state index in [0.717, 1.165) is 36.5 Å². The van der Waals surface area contributed by atoms with Crippen LogP contribution in [-0.2, 0) is 18.7 Å². The fraction of sp³-hybridized carbons (Fsp3) is 0.360. The van der Waals surface area contributed by atoms with Crippen molar-refractivity contribution in [1.82, 2.24) is 9.80 Å². The van der Waals surface area contributed by atoms with E-state index in [9.17, 15) is 5.11 Å². The maximum absolute atomic E-state index is 11.0. The number of aliphatic hydroxyl groups is 1. The van der Waals surface area contributed by atoms with Gasteiger partial charge in [-0.25, -0.2) is 0 Å². The van der Waals surface area contributed by atoms with E-state index in [1.165, 1.54) is 16.3 Å². The minimum Gasteiger partial charge on any atom is -0.492 e. The Morgan fingerprint density at radius 2 is 1.86 bits per heavy atom. The smallest absolute Gasteiger partial charge is 0.123 e. The van der Waals surface area contributed by atoms with Crippen LogP contribution in [0.3, 0.4) is 0 Å². The van der Waals surface area contributed by atoms with Gasteiger partial charge in [-0.3, -0.25) is 4.90 Å². The van der Waals surface area contributed by atoms with Crippen molar-refractivity contribution < 1.29 is 9.84 Å². The maximum Gasteiger partial charge on any atom is 0.123 e. The molecule has 4 heteroatoms. The molecule has 1 atom stereocenters. The summed E-state index contributed by atoms with van der Waals surface area (Å²) in [5.41, 5.74) is 2.51. The fourth-order valence-electron chi connectivity index (χ4n) is 4.30. The molecule has 3 aromatic carbocycles. The molecule has 1 heterocycles. The van der Waals surface area contributed by atoms with Crippen LogP contribution in [0.2, 0.25) is 0 Å². The van der Waals surface area contributed by atoms with Crippen molar-refractivity contribution in [3.8, 4) is 5.75 Å². The number of nitrogens with zero attached hydrogens (tertiary/aromatic N) is 2. The van der Waals surface area contributed by atoms with Crippen molar-refractivity contribution >= 4 is 10.8 Å². The van der Waals surface area contributed by atoms with Crippen LogP contribution in [0.5, 0.6) is 5.75 Å². The molecular formula is C25H30N2O2. The zero-order valence-corrected chi connectivity index (χ0v) is 17.6. The molecule has 29 heavy (non-hydrogen) atoms. The summed E-state index contributed by atoms with van der Waals surface area (Å²) in [7, 11) is 3.96. The van der Waals surface area contributed by atoms with Crippen molar-refractivity contribution in [3.05, 3.63) is 77.4 Å². The molecule has 0 aromatic heterocycles. The molecule has 0 bridgehead atoms. The second-order valence-electron chi connectivity index (χ2n) is 8.53. The molecule has 0 saturated carbocycles. The van der Waals surface area contributed by atoms with Gasteiger partial charge in [0, 0.05) is 31.7 Å². The van der Waals surface area contributed by atoms with Gasteiger partial charge in [0.15, 0.2) is 0 Å². The highest BCUT2D eigenvalue weighted by molar-refractivity contribution is 5.85. The van der Waals surface area contributed by atoms with E-state index in [2.05, 4.69) is 53.4 Å². The number of hydrogen-bond donors (Lipinski definition) is 1. The molecule has 0 amide bonds. The third kappa shape index (κ3) is 4.45. The first kappa shape index (κ1) is 19.9. The topological polar surface area (TPSA) is 35.9 Å². The molecule has 4 rings (SSSR count). The Labute approximate surface area is 173 Å². The molecule has 1 unspecified atom stereocenters. The van der Waals surface area contributed by atoms with Gasteiger partial charge in [-0.1, -0.05) is 48.5 Å². The number of hydrogen-bond acceptors (Lipinski definition) is 4. The van der Waals surface area contributed by atoms with E-state index >= 15 is 0 Å². The molecule has 0 aliphatic carbocycles. The molecule has 0 fully saturated rings.